The van der Waals surface area contributed by atoms with Crippen molar-refractivity contribution in [3.05, 3.63) is 70.9 Å². The number of primary amides is 1. The molecule has 1 aromatic heterocycles. The number of rotatable bonds is 6. The lowest BCUT2D eigenvalue weighted by Gasteiger charge is -2.63. The Kier molecular flexibility index (Phi) is 8.21. The first-order valence-electron chi connectivity index (χ1n) is 20.3. The lowest BCUT2D eigenvalue weighted by molar-refractivity contribution is -0.201. The van der Waals surface area contributed by atoms with Crippen molar-refractivity contribution in [2.45, 2.75) is 93.9 Å². The predicted molar refractivity (Wildman–Crippen MR) is 211 cm³/mol. The smallest absolute Gasteiger partial charge is 0.322 e. The van der Waals surface area contributed by atoms with Gasteiger partial charge in [-0.15, -0.1) is 0 Å². The van der Waals surface area contributed by atoms with Gasteiger partial charge in [0.1, 0.15) is 17.3 Å². The summed E-state index contributed by atoms with van der Waals surface area (Å²) in [4.78, 5) is 39.7. The molecule has 1 spiro atoms. The van der Waals surface area contributed by atoms with Crippen LogP contribution in [0.15, 0.2) is 48.6 Å². The SMILES string of the molecule is CC[C@]1(C)C[C@H]2CN(CCc3c([nH]c4ccccc34)[C@@](C(=O)OC)(c3cc4c(cc3OC)N(C)[C@H]3[C@@](O)(C(N)=O)[C@H](O)[C@]5(CC)C=CCN6CC[C@]43[C@@H]65)C2)C1. The Bertz CT molecular complexity index is 2120. The zero-order chi connectivity index (χ0) is 38.9. The molecule has 5 aliphatic heterocycles. The van der Waals surface area contributed by atoms with Gasteiger partial charge in [-0.2, -0.15) is 0 Å². The number of hydrogen-bond donors (Lipinski definition) is 4. The highest BCUT2D eigenvalue weighted by Gasteiger charge is 2.78. The number of nitrogens with zero attached hydrogens (tertiary/aromatic N) is 3. The first kappa shape index (κ1) is 36.7. The second-order valence-corrected chi connectivity index (χ2v) is 18.1. The topological polar surface area (TPSA) is 145 Å². The van der Waals surface area contributed by atoms with Crippen molar-refractivity contribution in [2.24, 2.45) is 22.5 Å². The van der Waals surface area contributed by atoms with Gasteiger partial charge in [-0.25, -0.2) is 0 Å². The number of hydrogen-bond acceptors (Lipinski definition) is 9. The summed E-state index contributed by atoms with van der Waals surface area (Å²) in [6, 6.07) is 11.4. The largest absolute Gasteiger partial charge is 0.496 e. The first-order chi connectivity index (χ1) is 26.3. The number of aromatic amines is 1. The fourth-order valence-electron chi connectivity index (χ4n) is 13.3. The monoisotopic (exact) mass is 751 g/mol. The molecule has 3 aromatic rings. The van der Waals surface area contributed by atoms with E-state index in [2.05, 4.69) is 59.0 Å². The highest BCUT2D eigenvalue weighted by atomic mass is 16.5. The second kappa shape index (κ2) is 12.3. The number of H-pyrrole nitrogens is 1. The third-order valence-corrected chi connectivity index (χ3v) is 15.6. The fourth-order valence-corrected chi connectivity index (χ4v) is 13.3. The second-order valence-electron chi connectivity index (χ2n) is 18.1. The molecule has 2 saturated heterocycles. The standard InChI is InChI=1S/C44H57N5O6/c1-7-40(3)22-26-23-43(39(52)55-6,34-28(14-18-48(24-26)25-40)27-12-9-10-13-31(27)46-34)30-20-29-32(21-33(30)54-5)47(4)36-42(29)16-19-49-17-11-15-41(8-2,35(42)49)37(50)44(36,53)38(45)51/h9-13,15,20-21,26,35-37,46,50,53H,7-8,14,16-19,22-25H2,1-6H3,(H2,45,51)/t26-,35+,36-,37-,40-,41-,42-,43+,44+/m1/s1. The molecule has 2 aromatic carbocycles. The van der Waals surface area contributed by atoms with Gasteiger partial charge in [0.2, 0.25) is 0 Å². The Morgan fingerprint density at radius 1 is 1.05 bits per heavy atom. The van der Waals surface area contributed by atoms with E-state index in [4.69, 9.17) is 15.2 Å². The van der Waals surface area contributed by atoms with E-state index in [1.807, 2.05) is 37.1 Å². The number of para-hydroxylation sites is 1. The highest BCUT2D eigenvalue weighted by molar-refractivity contribution is 5.95. The third kappa shape index (κ3) is 4.52. The molecule has 11 heteroatoms. The number of carbonyl (C=O) groups excluding carboxylic acids is 2. The van der Waals surface area contributed by atoms with Crippen LogP contribution in [0.2, 0.25) is 0 Å². The first-order valence-corrected chi connectivity index (χ1v) is 20.3. The number of likely N-dealkylation sites (N-methyl/N-ethyl adjacent to an activating group) is 1. The Hall–Kier alpha value is -3.90. The average molecular weight is 752 g/mol. The number of anilines is 1. The number of piperidine rings is 1. The Labute approximate surface area is 323 Å². The van der Waals surface area contributed by atoms with Crippen LogP contribution >= 0.6 is 0 Å². The van der Waals surface area contributed by atoms with Crippen LogP contribution in [0.5, 0.6) is 5.75 Å². The molecular formula is C44H57N5O6. The minimum atomic E-state index is -2.27. The van der Waals surface area contributed by atoms with Gasteiger partial charge in [0.05, 0.1) is 20.3 Å². The molecule has 0 radical (unpaired) electrons. The fraction of sp³-hybridized carbons (Fsp3) is 0.591. The van der Waals surface area contributed by atoms with Gasteiger partial charge in [0, 0.05) is 84.0 Å². The minimum Gasteiger partial charge on any atom is -0.496 e. The van der Waals surface area contributed by atoms with Gasteiger partial charge in [-0.05, 0) is 79.7 Å². The molecule has 11 nitrogen and oxygen atoms in total. The van der Waals surface area contributed by atoms with Crippen molar-refractivity contribution in [1.82, 2.24) is 14.8 Å². The molecule has 1 saturated carbocycles. The maximum atomic E-state index is 15.3. The van der Waals surface area contributed by atoms with E-state index in [9.17, 15) is 15.0 Å². The normalized spacial score (nSPS) is 39.0. The van der Waals surface area contributed by atoms with Crippen LogP contribution in [0, 0.1) is 16.7 Å². The summed E-state index contributed by atoms with van der Waals surface area (Å²) in [5, 5.41) is 26.2. The quantitative estimate of drug-likeness (QED) is 0.217. The van der Waals surface area contributed by atoms with Gasteiger partial charge in [0.25, 0.3) is 5.91 Å². The summed E-state index contributed by atoms with van der Waals surface area (Å²) in [6.45, 7) is 10.9. The Balaban J connectivity index is 1.36. The van der Waals surface area contributed by atoms with E-state index in [0.29, 0.717) is 38.1 Å². The summed E-state index contributed by atoms with van der Waals surface area (Å²) in [6.07, 6.45) is 7.06. The zero-order valence-electron chi connectivity index (χ0n) is 33.2. The van der Waals surface area contributed by atoms with Gasteiger partial charge < -0.3 is 40.2 Å². The van der Waals surface area contributed by atoms with E-state index in [1.165, 1.54) is 7.11 Å². The highest BCUT2D eigenvalue weighted by Crippen LogP contribution is 2.67. The van der Waals surface area contributed by atoms with Crippen molar-refractivity contribution in [2.75, 3.05) is 58.9 Å². The molecule has 1 aliphatic carbocycles. The van der Waals surface area contributed by atoms with Crippen molar-refractivity contribution in [3.8, 4) is 5.75 Å². The number of benzene rings is 2. The molecule has 1 unspecified atom stereocenters. The summed E-state index contributed by atoms with van der Waals surface area (Å²) in [5.41, 5.74) is 6.34. The average Bonchev–Trinajstić information content (AvgIpc) is 3.84. The molecule has 55 heavy (non-hydrogen) atoms. The number of amides is 1. The maximum absolute atomic E-state index is 15.3. The Morgan fingerprint density at radius 3 is 2.55 bits per heavy atom. The number of methoxy groups -OCH3 is 2. The van der Waals surface area contributed by atoms with Crippen LogP contribution in [0.4, 0.5) is 5.69 Å². The number of carbonyl (C=O) groups is 2. The number of ether oxygens (including phenoxy) is 2. The third-order valence-electron chi connectivity index (χ3n) is 15.6. The molecule has 10 atom stereocenters. The number of aromatic nitrogens is 1. The van der Waals surface area contributed by atoms with E-state index in [1.54, 1.807) is 7.11 Å². The van der Waals surface area contributed by atoms with E-state index in [-0.39, 0.29) is 23.3 Å². The molecule has 1 amide bonds. The number of aliphatic hydroxyl groups is 2. The number of nitrogens with one attached hydrogen (secondary N) is 1. The summed E-state index contributed by atoms with van der Waals surface area (Å²) < 4.78 is 12.3. The lowest BCUT2D eigenvalue weighted by atomic mass is 9.47. The van der Waals surface area contributed by atoms with E-state index >= 15 is 4.79 Å². The molecule has 294 valence electrons. The van der Waals surface area contributed by atoms with Crippen LogP contribution in [0.1, 0.15) is 75.3 Å². The van der Waals surface area contributed by atoms with Crippen molar-refractivity contribution >= 4 is 28.5 Å². The molecule has 6 aliphatic rings. The number of nitrogens with two attached hydrogens (primary N) is 1. The Morgan fingerprint density at radius 2 is 1.84 bits per heavy atom. The molecule has 5 N–H and O–H groups in total. The van der Waals surface area contributed by atoms with Crippen LogP contribution in [-0.2, 0) is 31.6 Å². The molecule has 9 rings (SSSR count). The van der Waals surface area contributed by atoms with Crippen LogP contribution < -0.4 is 15.4 Å². The maximum Gasteiger partial charge on any atom is 0.322 e. The van der Waals surface area contributed by atoms with E-state index in [0.717, 1.165) is 77.9 Å². The van der Waals surface area contributed by atoms with E-state index < -0.39 is 39.9 Å². The van der Waals surface area contributed by atoms with Crippen molar-refractivity contribution in [1.29, 1.82) is 0 Å². The number of fused-ring (bicyclic) bond motifs is 6. The molecular weight excluding hydrogens is 695 g/mol. The number of esters is 1. The number of aliphatic hydroxyl groups excluding tert-OH is 1. The van der Waals surface area contributed by atoms with Crippen molar-refractivity contribution in [3.63, 3.8) is 0 Å². The zero-order valence-corrected chi connectivity index (χ0v) is 33.2. The van der Waals surface area contributed by atoms with Gasteiger partial charge in [0.15, 0.2) is 5.60 Å². The minimum absolute atomic E-state index is 0.0925. The molecule has 3 fully saturated rings. The van der Waals surface area contributed by atoms with Crippen LogP contribution in [0.25, 0.3) is 10.9 Å². The molecule has 6 heterocycles. The van der Waals surface area contributed by atoms with Crippen LogP contribution in [0.3, 0.4) is 0 Å². The van der Waals surface area contributed by atoms with Crippen molar-refractivity contribution < 1.29 is 29.3 Å². The summed E-state index contributed by atoms with van der Waals surface area (Å²) >= 11 is 0. The predicted octanol–water partition coefficient (Wildman–Crippen LogP) is 4.01. The molecule has 2 bridgehead atoms. The van der Waals surface area contributed by atoms with Crippen LogP contribution in [-0.4, -0.2) is 115 Å². The van der Waals surface area contributed by atoms with Gasteiger partial charge in [-0.3, -0.25) is 14.5 Å². The summed E-state index contributed by atoms with van der Waals surface area (Å²) in [7, 11) is 5.01. The summed E-state index contributed by atoms with van der Waals surface area (Å²) in [5.74, 6) is -0.583. The van der Waals surface area contributed by atoms with Gasteiger partial charge in [-0.1, -0.05) is 51.1 Å². The van der Waals surface area contributed by atoms with Gasteiger partial charge >= 0.3 is 5.97 Å². The lowest BCUT2D eigenvalue weighted by Crippen LogP contribution is -2.81.